The first-order chi connectivity index (χ1) is 15.7. The van der Waals surface area contributed by atoms with Crippen LogP contribution in [0.1, 0.15) is 50.5 Å². The van der Waals surface area contributed by atoms with Crippen LogP contribution < -0.4 is 0 Å². The summed E-state index contributed by atoms with van der Waals surface area (Å²) in [7, 11) is 0. The van der Waals surface area contributed by atoms with Crippen molar-refractivity contribution in [3.63, 3.8) is 0 Å². The van der Waals surface area contributed by atoms with Gasteiger partial charge in [0.25, 0.3) is 5.91 Å². The summed E-state index contributed by atoms with van der Waals surface area (Å²) in [4.78, 5) is 32.9. The van der Waals surface area contributed by atoms with Gasteiger partial charge < -0.3 is 9.88 Å². The molecule has 0 radical (unpaired) electrons. The fourth-order valence-corrected chi connectivity index (χ4v) is 4.91. The highest BCUT2D eigenvalue weighted by molar-refractivity contribution is 5.98. The van der Waals surface area contributed by atoms with E-state index >= 15 is 0 Å². The Kier molecular flexibility index (Phi) is 5.91. The number of hydrogen-bond donors (Lipinski definition) is 1. The fraction of sp³-hybridized carbons (Fsp3) is 0.333. The van der Waals surface area contributed by atoms with Crippen LogP contribution in [0.3, 0.4) is 0 Å². The maximum atomic E-state index is 12.8. The van der Waals surface area contributed by atoms with Gasteiger partial charge in [-0.05, 0) is 61.2 Å². The molecule has 0 unspecified atom stereocenters. The van der Waals surface area contributed by atoms with Gasteiger partial charge in [-0.25, -0.2) is 0 Å². The fourth-order valence-electron chi connectivity index (χ4n) is 4.91. The summed E-state index contributed by atoms with van der Waals surface area (Å²) in [5.74, 6) is 0.812. The molecule has 2 aliphatic rings. The largest absolute Gasteiger partial charge is 0.356 e. The molecule has 0 spiro atoms. The number of fused-ring (bicyclic) bond motifs is 1. The quantitative estimate of drug-likeness (QED) is 0.576. The highest BCUT2D eigenvalue weighted by Crippen LogP contribution is 2.26. The van der Waals surface area contributed by atoms with Crippen molar-refractivity contribution in [3.05, 3.63) is 94.8 Å². The van der Waals surface area contributed by atoms with E-state index < -0.39 is 0 Å². The summed E-state index contributed by atoms with van der Waals surface area (Å²) < 4.78 is 0. The number of nitrogens with zero attached hydrogens (tertiary/aromatic N) is 2. The van der Waals surface area contributed by atoms with E-state index in [1.807, 2.05) is 59.5 Å². The van der Waals surface area contributed by atoms with Gasteiger partial charge in [0, 0.05) is 30.8 Å². The molecule has 164 valence electrons. The lowest BCUT2D eigenvalue weighted by atomic mass is 9.96. The number of carbonyl (C=O) groups is 2. The lowest BCUT2D eigenvalue weighted by Crippen LogP contribution is -2.41. The van der Waals surface area contributed by atoms with E-state index in [0.717, 1.165) is 62.3 Å². The van der Waals surface area contributed by atoms with Crippen LogP contribution in [0.25, 0.3) is 0 Å². The predicted molar refractivity (Wildman–Crippen MR) is 125 cm³/mol. The minimum Gasteiger partial charge on any atom is -0.356 e. The van der Waals surface area contributed by atoms with Crippen LogP contribution in [-0.4, -0.2) is 52.7 Å². The molecule has 1 fully saturated rings. The number of benzene rings is 2. The van der Waals surface area contributed by atoms with Crippen molar-refractivity contribution in [2.24, 2.45) is 5.92 Å². The number of aromatic amines is 1. The second-order valence-electron chi connectivity index (χ2n) is 9.05. The van der Waals surface area contributed by atoms with Crippen LogP contribution in [-0.2, 0) is 13.0 Å². The van der Waals surface area contributed by atoms with E-state index in [4.69, 9.17) is 0 Å². The van der Waals surface area contributed by atoms with Gasteiger partial charge in [-0.3, -0.25) is 14.5 Å². The lowest BCUT2D eigenvalue weighted by Gasteiger charge is -2.33. The molecule has 0 bridgehead atoms. The van der Waals surface area contributed by atoms with Crippen LogP contribution in [0.15, 0.2) is 66.7 Å². The zero-order valence-electron chi connectivity index (χ0n) is 18.3. The van der Waals surface area contributed by atoms with Gasteiger partial charge in [-0.2, -0.15) is 0 Å². The highest BCUT2D eigenvalue weighted by atomic mass is 16.2. The number of aromatic nitrogens is 1. The van der Waals surface area contributed by atoms with Crippen LogP contribution in [0.5, 0.6) is 0 Å². The number of H-pyrrole nitrogens is 1. The zero-order chi connectivity index (χ0) is 21.9. The third-order valence-corrected chi connectivity index (χ3v) is 6.73. The molecule has 0 atom stereocenters. The van der Waals surface area contributed by atoms with Crippen LogP contribution in [0.4, 0.5) is 0 Å². The molecule has 1 aromatic heterocycles. The molecule has 3 heterocycles. The standard InChI is InChI=1S/C27H29N3O2/c31-26(25-11-10-23(28-25)16-20-6-2-1-3-7-20)19-29-14-12-21(13-15-29)17-30-18-22-8-4-5-9-24(22)27(30)32/h1-11,21,28H,12-19H2. The summed E-state index contributed by atoms with van der Waals surface area (Å²) in [5, 5.41) is 0. The summed E-state index contributed by atoms with van der Waals surface area (Å²) in [6, 6.07) is 22.1. The molecule has 32 heavy (non-hydrogen) atoms. The van der Waals surface area contributed by atoms with Gasteiger partial charge in [-0.1, -0.05) is 48.5 Å². The molecule has 0 aliphatic carbocycles. The lowest BCUT2D eigenvalue weighted by molar-refractivity contribution is 0.0707. The number of ketones is 1. The minimum absolute atomic E-state index is 0.146. The first-order valence-corrected chi connectivity index (χ1v) is 11.5. The van der Waals surface area contributed by atoms with E-state index in [0.29, 0.717) is 18.2 Å². The molecule has 0 saturated carbocycles. The number of hydrogen-bond acceptors (Lipinski definition) is 3. The second kappa shape index (κ2) is 9.13. The topological polar surface area (TPSA) is 56.4 Å². The first-order valence-electron chi connectivity index (χ1n) is 11.5. The summed E-state index contributed by atoms with van der Waals surface area (Å²) in [6.07, 6.45) is 2.85. The average Bonchev–Trinajstić information content (AvgIpc) is 3.41. The second-order valence-corrected chi connectivity index (χ2v) is 9.05. The van der Waals surface area contributed by atoms with E-state index in [9.17, 15) is 9.59 Å². The maximum absolute atomic E-state index is 12.8. The monoisotopic (exact) mass is 427 g/mol. The molecule has 1 amide bonds. The Morgan fingerprint density at radius 3 is 2.47 bits per heavy atom. The molecule has 5 nitrogen and oxygen atoms in total. The van der Waals surface area contributed by atoms with Gasteiger partial charge in [0.15, 0.2) is 5.78 Å². The van der Waals surface area contributed by atoms with Crippen molar-refractivity contribution < 1.29 is 9.59 Å². The van der Waals surface area contributed by atoms with Crippen LogP contribution in [0.2, 0.25) is 0 Å². The molecule has 1 N–H and O–H groups in total. The third-order valence-electron chi connectivity index (χ3n) is 6.73. The number of piperidine rings is 1. The Hall–Kier alpha value is -3.18. The Morgan fingerprint density at radius 2 is 1.69 bits per heavy atom. The number of amides is 1. The Bertz CT molecular complexity index is 1100. The molecule has 5 rings (SSSR count). The molecule has 1 saturated heterocycles. The molecular formula is C27H29N3O2. The molecular weight excluding hydrogens is 398 g/mol. The maximum Gasteiger partial charge on any atom is 0.254 e. The smallest absolute Gasteiger partial charge is 0.254 e. The van der Waals surface area contributed by atoms with Crippen molar-refractivity contribution in [1.82, 2.24) is 14.8 Å². The zero-order valence-corrected chi connectivity index (χ0v) is 18.3. The van der Waals surface area contributed by atoms with Crippen molar-refractivity contribution in [3.8, 4) is 0 Å². The number of nitrogens with one attached hydrogen (secondary N) is 1. The Balaban J connectivity index is 1.09. The first kappa shape index (κ1) is 20.7. The number of Topliss-reactive ketones (excluding diaryl/α,β-unsaturated/α-hetero) is 1. The van der Waals surface area contributed by atoms with Crippen molar-refractivity contribution in [1.29, 1.82) is 0 Å². The highest BCUT2D eigenvalue weighted by Gasteiger charge is 2.30. The van der Waals surface area contributed by atoms with E-state index in [1.54, 1.807) is 0 Å². The normalized spacial score (nSPS) is 17.0. The SMILES string of the molecule is O=C(CN1CCC(CN2Cc3ccccc3C2=O)CC1)c1ccc(Cc2ccccc2)[nH]1. The number of rotatable bonds is 7. The van der Waals surface area contributed by atoms with E-state index in [-0.39, 0.29) is 11.7 Å². The number of carbonyl (C=O) groups excluding carboxylic acids is 2. The summed E-state index contributed by atoms with van der Waals surface area (Å²) in [6.45, 7) is 3.80. The van der Waals surface area contributed by atoms with Crippen molar-refractivity contribution in [2.45, 2.75) is 25.8 Å². The van der Waals surface area contributed by atoms with Gasteiger partial charge in [0.05, 0.1) is 12.2 Å². The third kappa shape index (κ3) is 4.53. The summed E-state index contributed by atoms with van der Waals surface area (Å²) in [5.41, 5.74) is 4.98. The average molecular weight is 428 g/mol. The van der Waals surface area contributed by atoms with Crippen LogP contribution in [0, 0.1) is 5.92 Å². The van der Waals surface area contributed by atoms with Gasteiger partial charge in [-0.15, -0.1) is 0 Å². The Morgan fingerprint density at radius 1 is 0.938 bits per heavy atom. The summed E-state index contributed by atoms with van der Waals surface area (Å²) >= 11 is 0. The molecule has 2 aromatic carbocycles. The van der Waals surface area contributed by atoms with Crippen molar-refractivity contribution >= 4 is 11.7 Å². The van der Waals surface area contributed by atoms with Gasteiger partial charge in [0.2, 0.25) is 0 Å². The molecule has 5 heteroatoms. The molecule has 2 aliphatic heterocycles. The predicted octanol–water partition coefficient (Wildman–Crippen LogP) is 4.16. The van der Waals surface area contributed by atoms with Gasteiger partial charge in [0.1, 0.15) is 0 Å². The van der Waals surface area contributed by atoms with E-state index in [2.05, 4.69) is 22.0 Å². The van der Waals surface area contributed by atoms with Crippen LogP contribution >= 0.6 is 0 Å². The van der Waals surface area contributed by atoms with Gasteiger partial charge >= 0.3 is 0 Å². The Labute approximate surface area is 189 Å². The number of likely N-dealkylation sites (tertiary alicyclic amines) is 1. The minimum atomic E-state index is 0.146. The molecule has 3 aromatic rings. The van der Waals surface area contributed by atoms with Crippen molar-refractivity contribution in [2.75, 3.05) is 26.2 Å². The van der Waals surface area contributed by atoms with E-state index in [1.165, 1.54) is 5.56 Å².